The van der Waals surface area contributed by atoms with Crippen LogP contribution < -0.4 is 0 Å². The molecule has 1 heterocycles. The summed E-state index contributed by atoms with van der Waals surface area (Å²) in [4.78, 5) is 9.53. The quantitative estimate of drug-likeness (QED) is 0.532. The molecule has 0 spiro atoms. The number of rotatable bonds is 7. The van der Waals surface area contributed by atoms with E-state index in [2.05, 4.69) is 26.2 Å². The van der Waals surface area contributed by atoms with Gasteiger partial charge in [-0.05, 0) is 61.8 Å². The van der Waals surface area contributed by atoms with E-state index >= 15 is 0 Å². The zero-order chi connectivity index (χ0) is 17.5. The molecule has 1 atom stereocenters. The normalized spacial score (nSPS) is 26.5. The van der Waals surface area contributed by atoms with Gasteiger partial charge in [0.25, 0.3) is 0 Å². The Labute approximate surface area is 155 Å². The third-order valence-electron chi connectivity index (χ3n) is 6.99. The van der Waals surface area contributed by atoms with E-state index in [1.54, 1.807) is 0 Å². The maximum absolute atomic E-state index is 4.76. The lowest BCUT2D eigenvalue weighted by Crippen LogP contribution is -2.15. The van der Waals surface area contributed by atoms with Crippen molar-refractivity contribution in [3.63, 3.8) is 0 Å². The standard InChI is InChI=1S/C23H38N2/c1-3-18(2)8-7-9-19-12-14-20(15-13-19)22-16-24-23(25-17-22)21-10-5-4-6-11-21/h16-21H,3-15H2,1-2H3/t18?,19-,20-. The molecule has 0 saturated heterocycles. The Hall–Kier alpha value is -0.920. The van der Waals surface area contributed by atoms with Gasteiger partial charge in [0.2, 0.25) is 0 Å². The van der Waals surface area contributed by atoms with Gasteiger partial charge in [0, 0.05) is 18.3 Å². The van der Waals surface area contributed by atoms with Crippen molar-refractivity contribution in [2.45, 2.75) is 109 Å². The highest BCUT2D eigenvalue weighted by Crippen LogP contribution is 2.38. The summed E-state index contributed by atoms with van der Waals surface area (Å²) >= 11 is 0. The number of hydrogen-bond donors (Lipinski definition) is 0. The second kappa shape index (κ2) is 9.69. The van der Waals surface area contributed by atoms with Crippen molar-refractivity contribution in [1.29, 1.82) is 0 Å². The molecule has 2 fully saturated rings. The van der Waals surface area contributed by atoms with Crippen LogP contribution in [0.15, 0.2) is 12.4 Å². The van der Waals surface area contributed by atoms with Gasteiger partial charge < -0.3 is 0 Å². The van der Waals surface area contributed by atoms with E-state index < -0.39 is 0 Å². The minimum absolute atomic E-state index is 0.629. The Morgan fingerprint density at radius 1 is 0.920 bits per heavy atom. The van der Waals surface area contributed by atoms with Gasteiger partial charge in [0.1, 0.15) is 5.82 Å². The first kappa shape index (κ1) is 18.9. The molecule has 2 heteroatoms. The van der Waals surface area contributed by atoms with Crippen LogP contribution in [0.1, 0.15) is 121 Å². The van der Waals surface area contributed by atoms with Crippen molar-refractivity contribution < 1.29 is 0 Å². The van der Waals surface area contributed by atoms with Crippen molar-refractivity contribution in [2.24, 2.45) is 11.8 Å². The first-order chi connectivity index (χ1) is 12.3. The third-order valence-corrected chi connectivity index (χ3v) is 6.99. The smallest absolute Gasteiger partial charge is 0.131 e. The summed E-state index contributed by atoms with van der Waals surface area (Å²) in [6, 6.07) is 0. The Morgan fingerprint density at radius 2 is 1.60 bits per heavy atom. The summed E-state index contributed by atoms with van der Waals surface area (Å²) < 4.78 is 0. The predicted molar refractivity (Wildman–Crippen MR) is 106 cm³/mol. The third kappa shape index (κ3) is 5.53. The van der Waals surface area contributed by atoms with E-state index in [0.717, 1.165) is 17.7 Å². The summed E-state index contributed by atoms with van der Waals surface area (Å²) in [5.41, 5.74) is 1.40. The first-order valence-corrected chi connectivity index (χ1v) is 11.1. The van der Waals surface area contributed by atoms with Crippen LogP contribution in [0, 0.1) is 11.8 Å². The lowest BCUT2D eigenvalue weighted by molar-refractivity contribution is 0.295. The highest BCUT2D eigenvalue weighted by molar-refractivity contribution is 5.14. The highest BCUT2D eigenvalue weighted by atomic mass is 14.9. The Kier molecular flexibility index (Phi) is 7.31. The van der Waals surface area contributed by atoms with Crippen LogP contribution in [0.5, 0.6) is 0 Å². The molecule has 0 bridgehead atoms. The highest BCUT2D eigenvalue weighted by Gasteiger charge is 2.24. The average Bonchev–Trinajstić information content (AvgIpc) is 2.69. The Bertz CT molecular complexity index is 481. The summed E-state index contributed by atoms with van der Waals surface area (Å²) in [6.07, 6.45) is 22.2. The van der Waals surface area contributed by atoms with Gasteiger partial charge in [0.05, 0.1) is 0 Å². The Morgan fingerprint density at radius 3 is 2.24 bits per heavy atom. The van der Waals surface area contributed by atoms with Crippen LogP contribution >= 0.6 is 0 Å². The van der Waals surface area contributed by atoms with Crippen molar-refractivity contribution >= 4 is 0 Å². The van der Waals surface area contributed by atoms with E-state index in [9.17, 15) is 0 Å². The molecule has 2 aliphatic rings. The zero-order valence-electron chi connectivity index (χ0n) is 16.6. The summed E-state index contributed by atoms with van der Waals surface area (Å²) in [7, 11) is 0. The fraction of sp³-hybridized carbons (Fsp3) is 0.826. The van der Waals surface area contributed by atoms with Gasteiger partial charge in [-0.2, -0.15) is 0 Å². The van der Waals surface area contributed by atoms with Gasteiger partial charge in [-0.15, -0.1) is 0 Å². The van der Waals surface area contributed by atoms with E-state index in [1.807, 2.05) is 0 Å². The molecule has 2 nitrogen and oxygen atoms in total. The van der Waals surface area contributed by atoms with E-state index in [4.69, 9.17) is 9.97 Å². The SMILES string of the molecule is CCC(C)CCC[C@H]1CC[C@H](c2cnc(C3CCCCC3)nc2)CC1. The van der Waals surface area contributed by atoms with Crippen LogP contribution in [-0.4, -0.2) is 9.97 Å². The van der Waals surface area contributed by atoms with Crippen LogP contribution in [0.25, 0.3) is 0 Å². The molecule has 1 aromatic heterocycles. The van der Waals surface area contributed by atoms with Gasteiger partial charge >= 0.3 is 0 Å². The van der Waals surface area contributed by atoms with E-state index in [-0.39, 0.29) is 0 Å². The molecule has 25 heavy (non-hydrogen) atoms. The topological polar surface area (TPSA) is 25.8 Å². The van der Waals surface area contributed by atoms with Crippen molar-refractivity contribution in [2.75, 3.05) is 0 Å². The molecular weight excluding hydrogens is 304 g/mol. The molecule has 0 aliphatic heterocycles. The van der Waals surface area contributed by atoms with Gasteiger partial charge in [-0.25, -0.2) is 9.97 Å². The van der Waals surface area contributed by atoms with Crippen molar-refractivity contribution in [1.82, 2.24) is 9.97 Å². The molecule has 2 aliphatic carbocycles. The van der Waals surface area contributed by atoms with E-state index in [1.165, 1.54) is 89.0 Å². The molecule has 3 rings (SSSR count). The van der Waals surface area contributed by atoms with Gasteiger partial charge in [-0.1, -0.05) is 58.8 Å². The van der Waals surface area contributed by atoms with Crippen LogP contribution in [0.3, 0.4) is 0 Å². The van der Waals surface area contributed by atoms with Crippen LogP contribution in [0.2, 0.25) is 0 Å². The Balaban J connectivity index is 1.43. The first-order valence-electron chi connectivity index (χ1n) is 11.1. The fourth-order valence-electron chi connectivity index (χ4n) is 4.87. The fourth-order valence-corrected chi connectivity index (χ4v) is 4.87. The number of aromatic nitrogens is 2. The minimum atomic E-state index is 0.629. The minimum Gasteiger partial charge on any atom is -0.241 e. The molecule has 0 radical (unpaired) electrons. The molecule has 0 amide bonds. The predicted octanol–water partition coefficient (Wildman–Crippen LogP) is 7.01. The molecule has 2 saturated carbocycles. The molecule has 1 unspecified atom stereocenters. The molecule has 140 valence electrons. The molecule has 0 N–H and O–H groups in total. The van der Waals surface area contributed by atoms with Gasteiger partial charge in [0.15, 0.2) is 0 Å². The molecule has 1 aromatic rings. The average molecular weight is 343 g/mol. The lowest BCUT2D eigenvalue weighted by atomic mass is 9.77. The van der Waals surface area contributed by atoms with Gasteiger partial charge in [-0.3, -0.25) is 0 Å². The summed E-state index contributed by atoms with van der Waals surface area (Å²) in [6.45, 7) is 4.71. The van der Waals surface area contributed by atoms with Crippen LogP contribution in [0.4, 0.5) is 0 Å². The van der Waals surface area contributed by atoms with Crippen molar-refractivity contribution in [3.8, 4) is 0 Å². The second-order valence-corrected chi connectivity index (χ2v) is 8.87. The maximum atomic E-state index is 4.76. The summed E-state index contributed by atoms with van der Waals surface area (Å²) in [5, 5.41) is 0. The molecular formula is C23H38N2. The number of hydrogen-bond acceptors (Lipinski definition) is 2. The summed E-state index contributed by atoms with van der Waals surface area (Å²) in [5.74, 6) is 4.34. The maximum Gasteiger partial charge on any atom is 0.131 e. The van der Waals surface area contributed by atoms with Crippen molar-refractivity contribution in [3.05, 3.63) is 23.8 Å². The zero-order valence-corrected chi connectivity index (χ0v) is 16.6. The largest absolute Gasteiger partial charge is 0.241 e. The van der Waals surface area contributed by atoms with Crippen LogP contribution in [-0.2, 0) is 0 Å². The second-order valence-electron chi connectivity index (χ2n) is 8.87. The molecule has 0 aromatic carbocycles. The number of nitrogens with zero attached hydrogens (tertiary/aromatic N) is 2. The lowest BCUT2D eigenvalue weighted by Gasteiger charge is -2.29. The monoisotopic (exact) mass is 342 g/mol. The van der Waals surface area contributed by atoms with E-state index in [0.29, 0.717) is 11.8 Å².